The van der Waals surface area contributed by atoms with E-state index in [1.165, 1.54) is 0 Å². The van der Waals surface area contributed by atoms with Gasteiger partial charge in [-0.1, -0.05) is 20.3 Å². The van der Waals surface area contributed by atoms with E-state index in [2.05, 4.69) is 31.1 Å². The van der Waals surface area contributed by atoms with Gasteiger partial charge in [-0.15, -0.1) is 6.54 Å². The minimum atomic E-state index is 0. The molecule has 0 saturated heterocycles. The summed E-state index contributed by atoms with van der Waals surface area (Å²) in [5.74, 6) is 0.706. The Morgan fingerprint density at radius 1 is 1.11 bits per heavy atom. The fraction of sp³-hybridized carbons (Fsp3) is 0.929. The molecule has 19 heavy (non-hydrogen) atoms. The number of nitrogens with zero attached hydrogens (tertiary/aromatic N) is 3. The minimum Gasteiger partial charge on any atom is -0.665 e. The quantitative estimate of drug-likeness (QED) is 0.488. The fourth-order valence-corrected chi connectivity index (χ4v) is 1.82. The van der Waals surface area contributed by atoms with Crippen LogP contribution in [0.1, 0.15) is 33.1 Å². The zero-order valence-electron chi connectivity index (χ0n) is 13.8. The summed E-state index contributed by atoms with van der Waals surface area (Å²) in [7, 11) is 5.89. The van der Waals surface area contributed by atoms with E-state index >= 15 is 0 Å². The van der Waals surface area contributed by atoms with Gasteiger partial charge in [-0.2, -0.15) is 7.05 Å². The smallest absolute Gasteiger partial charge is 0.665 e. The Kier molecular flexibility index (Phi) is 16.7. The summed E-state index contributed by atoms with van der Waals surface area (Å²) in [6, 6.07) is 0. The molecule has 0 aliphatic rings. The molecule has 0 unspecified atom stereocenters. The summed E-state index contributed by atoms with van der Waals surface area (Å²) in [5, 5.41) is 4.09. The topological polar surface area (TPSA) is 37.7 Å². The van der Waals surface area contributed by atoms with E-state index in [0.29, 0.717) is 12.3 Å². The normalized spacial score (nSPS) is 10.7. The maximum absolute atomic E-state index is 11.7. The molecular weight excluding hydrogens is 312 g/mol. The predicted octanol–water partition coefficient (Wildman–Crippen LogP) is -0.790. The number of hydrogen-bond acceptors (Lipinski definition) is 2. The third-order valence-electron chi connectivity index (χ3n) is 2.96. The van der Waals surface area contributed by atoms with Gasteiger partial charge in [0.25, 0.3) is 0 Å². The summed E-state index contributed by atoms with van der Waals surface area (Å²) < 4.78 is 0. The Labute approximate surface area is 168 Å². The molecule has 0 aliphatic heterocycles. The van der Waals surface area contributed by atoms with E-state index in [1.807, 2.05) is 19.0 Å². The number of carbonyl (C=O) groups is 1. The molecule has 1 amide bonds. The van der Waals surface area contributed by atoms with Crippen molar-refractivity contribution >= 4 is 5.91 Å². The van der Waals surface area contributed by atoms with E-state index < -0.39 is 0 Å². The van der Waals surface area contributed by atoms with Crippen molar-refractivity contribution in [3.8, 4) is 0 Å². The maximum atomic E-state index is 11.7. The Bertz CT molecular complexity index is 225. The summed E-state index contributed by atoms with van der Waals surface area (Å²) in [4.78, 5) is 15.9. The van der Waals surface area contributed by atoms with Crippen molar-refractivity contribution in [1.29, 1.82) is 0 Å². The fourth-order valence-electron chi connectivity index (χ4n) is 1.82. The molecule has 0 N–H and O–H groups in total. The molecule has 0 heterocycles. The standard InChI is InChI=1S/C14H30N3O.Rb/c1-13(2)12-14(18)17(5)11-7-10-16(4)9-6-8-15-3;/h13H,6-12H2,1-5H3;/q-1;+1. The van der Waals surface area contributed by atoms with Crippen molar-refractivity contribution in [2.24, 2.45) is 5.92 Å². The second-order valence-corrected chi connectivity index (χ2v) is 5.46. The number of rotatable bonds is 10. The van der Waals surface area contributed by atoms with Gasteiger partial charge in [0.05, 0.1) is 0 Å². The maximum Gasteiger partial charge on any atom is 1.00 e. The molecule has 0 aromatic rings. The first kappa shape index (κ1) is 22.5. The molecule has 0 atom stereocenters. The first-order chi connectivity index (χ1) is 8.47. The van der Waals surface area contributed by atoms with E-state index in [-0.39, 0.29) is 64.1 Å². The molecular formula is C14H30N3ORb. The van der Waals surface area contributed by atoms with Gasteiger partial charge >= 0.3 is 58.2 Å². The molecule has 0 spiro atoms. The zero-order chi connectivity index (χ0) is 14.0. The van der Waals surface area contributed by atoms with E-state index in [1.54, 1.807) is 0 Å². The number of carbonyl (C=O) groups excluding carboxylic acids is 1. The van der Waals surface area contributed by atoms with Crippen molar-refractivity contribution in [2.45, 2.75) is 33.1 Å². The summed E-state index contributed by atoms with van der Waals surface area (Å²) in [6.07, 6.45) is 2.82. The minimum absolute atomic E-state index is 0. The van der Waals surface area contributed by atoms with Gasteiger partial charge in [0.2, 0.25) is 5.91 Å². The van der Waals surface area contributed by atoms with Gasteiger partial charge < -0.3 is 15.1 Å². The first-order valence-corrected chi connectivity index (χ1v) is 6.95. The van der Waals surface area contributed by atoms with Gasteiger partial charge in [0.15, 0.2) is 0 Å². The van der Waals surface area contributed by atoms with Crippen LogP contribution in [0.25, 0.3) is 5.32 Å². The largest absolute Gasteiger partial charge is 1.00 e. The second-order valence-electron chi connectivity index (χ2n) is 5.46. The van der Waals surface area contributed by atoms with Crippen molar-refractivity contribution in [3.05, 3.63) is 5.32 Å². The van der Waals surface area contributed by atoms with Crippen LogP contribution in [-0.4, -0.2) is 63.0 Å². The first-order valence-electron chi connectivity index (χ1n) is 6.95. The number of amides is 1. The average Bonchev–Trinajstić information content (AvgIpc) is 2.28. The van der Waals surface area contributed by atoms with Crippen LogP contribution >= 0.6 is 0 Å². The second kappa shape index (κ2) is 14.1. The molecule has 0 radical (unpaired) electrons. The van der Waals surface area contributed by atoms with Gasteiger partial charge in [-0.25, -0.2) is 0 Å². The van der Waals surface area contributed by atoms with Crippen LogP contribution in [-0.2, 0) is 4.79 Å². The van der Waals surface area contributed by atoms with E-state index in [0.717, 1.165) is 39.0 Å². The molecule has 0 bridgehead atoms. The Balaban J connectivity index is 0. The Morgan fingerprint density at radius 3 is 2.21 bits per heavy atom. The van der Waals surface area contributed by atoms with Crippen LogP contribution < -0.4 is 58.2 Å². The molecule has 0 fully saturated rings. The molecule has 4 nitrogen and oxygen atoms in total. The zero-order valence-corrected chi connectivity index (χ0v) is 18.7. The van der Waals surface area contributed by atoms with Crippen molar-refractivity contribution in [1.82, 2.24) is 9.80 Å². The van der Waals surface area contributed by atoms with Gasteiger partial charge in [-0.3, -0.25) is 4.79 Å². The third kappa shape index (κ3) is 13.9. The molecule has 0 rings (SSSR count). The van der Waals surface area contributed by atoms with Crippen LogP contribution in [0, 0.1) is 5.92 Å². The van der Waals surface area contributed by atoms with Crippen LogP contribution in [0.4, 0.5) is 0 Å². The van der Waals surface area contributed by atoms with Gasteiger partial charge in [-0.05, 0) is 32.5 Å². The Hall–Kier alpha value is 1.20. The third-order valence-corrected chi connectivity index (χ3v) is 2.96. The SMILES string of the molecule is C[N-]CCCN(C)CCCN(C)C(=O)CC(C)C.[Rb+]. The molecule has 0 aromatic heterocycles. The molecule has 5 heteroatoms. The average molecular weight is 342 g/mol. The van der Waals surface area contributed by atoms with E-state index in [4.69, 9.17) is 0 Å². The molecule has 0 aromatic carbocycles. The monoisotopic (exact) mass is 341 g/mol. The van der Waals surface area contributed by atoms with Crippen LogP contribution in [0.5, 0.6) is 0 Å². The summed E-state index contributed by atoms with van der Waals surface area (Å²) >= 11 is 0. The number of hydrogen-bond donors (Lipinski definition) is 0. The van der Waals surface area contributed by atoms with Gasteiger partial charge in [0.1, 0.15) is 0 Å². The Morgan fingerprint density at radius 2 is 1.68 bits per heavy atom. The van der Waals surface area contributed by atoms with Crippen LogP contribution in [0.3, 0.4) is 0 Å². The molecule has 0 aliphatic carbocycles. The summed E-state index contributed by atoms with van der Waals surface area (Å²) in [6.45, 7) is 8.09. The van der Waals surface area contributed by atoms with Gasteiger partial charge in [0, 0.05) is 20.0 Å². The molecule has 108 valence electrons. The van der Waals surface area contributed by atoms with Crippen molar-refractivity contribution < 1.29 is 63.0 Å². The van der Waals surface area contributed by atoms with Crippen molar-refractivity contribution in [3.63, 3.8) is 0 Å². The van der Waals surface area contributed by atoms with Crippen molar-refractivity contribution in [2.75, 3.05) is 47.3 Å². The predicted molar refractivity (Wildman–Crippen MR) is 78.0 cm³/mol. The summed E-state index contributed by atoms with van der Waals surface area (Å²) in [5.41, 5.74) is 0. The van der Waals surface area contributed by atoms with Crippen LogP contribution in [0.2, 0.25) is 0 Å². The van der Waals surface area contributed by atoms with Crippen LogP contribution in [0.15, 0.2) is 0 Å². The molecule has 0 saturated carbocycles. The van der Waals surface area contributed by atoms with E-state index in [9.17, 15) is 4.79 Å².